The van der Waals surface area contributed by atoms with Gasteiger partial charge in [-0.15, -0.1) is 0 Å². The SMILES string of the molecule is CCN(CC)C(=O)c1ccc(OC)c(S(=O)(=O)NC2CCCC2)c1. The average Bonchev–Trinajstić information content (AvgIpc) is 3.07. The number of hydrogen-bond acceptors (Lipinski definition) is 4. The van der Waals surface area contributed by atoms with E-state index in [0.29, 0.717) is 18.7 Å². The van der Waals surface area contributed by atoms with Gasteiger partial charge in [-0.25, -0.2) is 13.1 Å². The maximum absolute atomic E-state index is 12.7. The normalized spacial score (nSPS) is 15.5. The van der Waals surface area contributed by atoms with E-state index < -0.39 is 10.0 Å². The molecule has 2 rings (SSSR count). The lowest BCUT2D eigenvalue weighted by molar-refractivity contribution is 0.0772. The third kappa shape index (κ3) is 4.08. The molecule has 1 fully saturated rings. The summed E-state index contributed by atoms with van der Waals surface area (Å²) in [4.78, 5) is 14.2. The van der Waals surface area contributed by atoms with E-state index in [2.05, 4.69) is 4.72 Å². The van der Waals surface area contributed by atoms with Gasteiger partial charge in [0.2, 0.25) is 10.0 Å². The van der Waals surface area contributed by atoms with E-state index in [9.17, 15) is 13.2 Å². The van der Waals surface area contributed by atoms with Gasteiger partial charge < -0.3 is 9.64 Å². The summed E-state index contributed by atoms with van der Waals surface area (Å²) in [6.07, 6.45) is 3.76. The predicted molar refractivity (Wildman–Crippen MR) is 92.8 cm³/mol. The smallest absolute Gasteiger partial charge is 0.253 e. The molecule has 1 aliphatic rings. The maximum Gasteiger partial charge on any atom is 0.253 e. The molecule has 24 heavy (non-hydrogen) atoms. The first-order valence-corrected chi connectivity index (χ1v) is 9.90. The zero-order valence-corrected chi connectivity index (χ0v) is 15.4. The van der Waals surface area contributed by atoms with Gasteiger partial charge in [0.05, 0.1) is 7.11 Å². The van der Waals surface area contributed by atoms with Crippen molar-refractivity contribution in [2.24, 2.45) is 0 Å². The summed E-state index contributed by atoms with van der Waals surface area (Å²) in [5.41, 5.74) is 0.353. The summed E-state index contributed by atoms with van der Waals surface area (Å²) in [6, 6.07) is 4.52. The van der Waals surface area contributed by atoms with Crippen LogP contribution < -0.4 is 9.46 Å². The molecule has 134 valence electrons. The summed E-state index contributed by atoms with van der Waals surface area (Å²) in [6.45, 7) is 4.93. The predicted octanol–water partition coefficient (Wildman–Crippen LogP) is 2.40. The second kappa shape index (κ2) is 7.98. The van der Waals surface area contributed by atoms with Crippen LogP contribution in [0.25, 0.3) is 0 Å². The number of methoxy groups -OCH3 is 1. The lowest BCUT2D eigenvalue weighted by Crippen LogP contribution is -2.33. The number of ether oxygens (including phenoxy) is 1. The Morgan fingerprint density at radius 3 is 2.42 bits per heavy atom. The van der Waals surface area contributed by atoms with E-state index in [1.165, 1.54) is 13.2 Å². The van der Waals surface area contributed by atoms with Crippen molar-refractivity contribution in [3.05, 3.63) is 23.8 Å². The molecule has 0 bridgehead atoms. The maximum atomic E-state index is 12.7. The number of carbonyl (C=O) groups is 1. The van der Waals surface area contributed by atoms with Crippen LogP contribution in [-0.4, -0.2) is 45.5 Å². The van der Waals surface area contributed by atoms with Gasteiger partial charge in [0.25, 0.3) is 5.91 Å². The van der Waals surface area contributed by atoms with Crippen molar-refractivity contribution < 1.29 is 17.9 Å². The minimum Gasteiger partial charge on any atom is -0.495 e. The van der Waals surface area contributed by atoms with Crippen molar-refractivity contribution in [3.8, 4) is 5.75 Å². The number of sulfonamides is 1. The number of benzene rings is 1. The minimum atomic E-state index is -3.73. The zero-order valence-electron chi connectivity index (χ0n) is 14.5. The number of amides is 1. The molecule has 0 atom stereocenters. The van der Waals surface area contributed by atoms with Crippen molar-refractivity contribution in [2.45, 2.75) is 50.5 Å². The van der Waals surface area contributed by atoms with E-state index in [1.807, 2.05) is 13.8 Å². The van der Waals surface area contributed by atoms with E-state index in [1.54, 1.807) is 17.0 Å². The van der Waals surface area contributed by atoms with E-state index >= 15 is 0 Å². The molecule has 0 spiro atoms. The van der Waals surface area contributed by atoms with Gasteiger partial charge in [-0.1, -0.05) is 12.8 Å². The van der Waals surface area contributed by atoms with E-state index in [-0.39, 0.29) is 22.6 Å². The first-order chi connectivity index (χ1) is 11.4. The molecule has 1 saturated carbocycles. The van der Waals surface area contributed by atoms with Crippen LogP contribution in [0.2, 0.25) is 0 Å². The fourth-order valence-electron chi connectivity index (χ4n) is 3.04. The van der Waals surface area contributed by atoms with Gasteiger partial charge in [0.15, 0.2) is 0 Å². The van der Waals surface area contributed by atoms with E-state index in [0.717, 1.165) is 25.7 Å². The molecule has 0 unspecified atom stereocenters. The van der Waals surface area contributed by atoms with Gasteiger partial charge in [-0.3, -0.25) is 4.79 Å². The van der Waals surface area contributed by atoms with E-state index in [4.69, 9.17) is 4.74 Å². The second-order valence-electron chi connectivity index (χ2n) is 5.95. The standard InChI is InChI=1S/C17H26N2O4S/c1-4-19(5-2)17(20)13-10-11-15(23-3)16(12-13)24(21,22)18-14-8-6-7-9-14/h10-12,14,18H,4-9H2,1-3H3. The summed E-state index contributed by atoms with van der Waals surface area (Å²) in [5, 5.41) is 0. The molecule has 0 heterocycles. The van der Waals surface area contributed by atoms with Gasteiger partial charge in [-0.05, 0) is 44.9 Å². The van der Waals surface area contributed by atoms with Gasteiger partial charge in [0, 0.05) is 24.7 Å². The fraction of sp³-hybridized carbons (Fsp3) is 0.588. The number of hydrogen-bond donors (Lipinski definition) is 1. The largest absolute Gasteiger partial charge is 0.495 e. The molecule has 0 aliphatic heterocycles. The number of nitrogens with one attached hydrogen (secondary N) is 1. The molecule has 7 heteroatoms. The minimum absolute atomic E-state index is 0.0231. The Morgan fingerprint density at radius 2 is 1.88 bits per heavy atom. The van der Waals surface area contributed by atoms with Crippen LogP contribution in [0.3, 0.4) is 0 Å². The summed E-state index contributed by atoms with van der Waals surface area (Å²) >= 11 is 0. The van der Waals surface area contributed by atoms with Gasteiger partial charge in [-0.2, -0.15) is 0 Å². The molecule has 0 radical (unpaired) electrons. The monoisotopic (exact) mass is 354 g/mol. The van der Waals surface area contributed by atoms with Gasteiger partial charge in [0.1, 0.15) is 10.6 Å². The second-order valence-corrected chi connectivity index (χ2v) is 7.63. The highest BCUT2D eigenvalue weighted by molar-refractivity contribution is 7.89. The van der Waals surface area contributed by atoms with Crippen molar-refractivity contribution in [1.82, 2.24) is 9.62 Å². The topological polar surface area (TPSA) is 75.7 Å². The Labute approximate surface area is 144 Å². The van der Waals surface area contributed by atoms with Crippen LogP contribution in [0.4, 0.5) is 0 Å². The van der Waals surface area contributed by atoms with Crippen molar-refractivity contribution >= 4 is 15.9 Å². The molecule has 1 N–H and O–H groups in total. The van der Waals surface area contributed by atoms with Crippen molar-refractivity contribution in [2.75, 3.05) is 20.2 Å². The summed E-state index contributed by atoms with van der Waals surface area (Å²) in [7, 11) is -2.30. The highest BCUT2D eigenvalue weighted by Gasteiger charge is 2.27. The lowest BCUT2D eigenvalue weighted by Gasteiger charge is -2.20. The molecule has 0 aromatic heterocycles. The molecule has 1 aliphatic carbocycles. The Hall–Kier alpha value is -1.60. The quantitative estimate of drug-likeness (QED) is 0.816. The highest BCUT2D eigenvalue weighted by Crippen LogP contribution is 2.27. The summed E-state index contributed by atoms with van der Waals surface area (Å²) in [5.74, 6) is 0.0663. The number of carbonyl (C=O) groups excluding carboxylic acids is 1. The fourth-order valence-corrected chi connectivity index (χ4v) is 4.54. The summed E-state index contributed by atoms with van der Waals surface area (Å²) < 4.78 is 33.4. The molecule has 1 aromatic carbocycles. The number of rotatable bonds is 7. The van der Waals surface area contributed by atoms with Crippen LogP contribution in [-0.2, 0) is 10.0 Å². The molecule has 1 amide bonds. The lowest BCUT2D eigenvalue weighted by atomic mass is 10.2. The third-order valence-electron chi connectivity index (χ3n) is 4.43. The highest BCUT2D eigenvalue weighted by atomic mass is 32.2. The molecular formula is C17H26N2O4S. The molecule has 0 saturated heterocycles. The molecule has 1 aromatic rings. The molecular weight excluding hydrogens is 328 g/mol. The number of nitrogens with zero attached hydrogens (tertiary/aromatic N) is 1. The average molecular weight is 354 g/mol. The Bertz CT molecular complexity index is 678. The van der Waals surface area contributed by atoms with Crippen LogP contribution in [0.15, 0.2) is 23.1 Å². The van der Waals surface area contributed by atoms with Crippen molar-refractivity contribution in [1.29, 1.82) is 0 Å². The Balaban J connectivity index is 2.36. The van der Waals surface area contributed by atoms with Crippen LogP contribution in [0, 0.1) is 0 Å². The Kier molecular flexibility index (Phi) is 6.23. The first kappa shape index (κ1) is 18.7. The van der Waals surface area contributed by atoms with Crippen LogP contribution in [0.1, 0.15) is 49.9 Å². The van der Waals surface area contributed by atoms with Crippen molar-refractivity contribution in [3.63, 3.8) is 0 Å². The van der Waals surface area contributed by atoms with Crippen LogP contribution in [0.5, 0.6) is 5.75 Å². The first-order valence-electron chi connectivity index (χ1n) is 8.42. The molecule has 6 nitrogen and oxygen atoms in total. The zero-order chi connectivity index (χ0) is 17.7. The van der Waals surface area contributed by atoms with Gasteiger partial charge >= 0.3 is 0 Å². The van der Waals surface area contributed by atoms with Crippen LogP contribution >= 0.6 is 0 Å². The third-order valence-corrected chi connectivity index (χ3v) is 5.97. The Morgan fingerprint density at radius 1 is 1.25 bits per heavy atom.